The number of carbonyl (C=O) groups excluding carboxylic acids is 1. The van der Waals surface area contributed by atoms with Gasteiger partial charge in [0.1, 0.15) is 11.5 Å². The molecule has 0 aromatic heterocycles. The number of rotatable bonds is 9. The minimum atomic E-state index is -0.835. The summed E-state index contributed by atoms with van der Waals surface area (Å²) in [5, 5.41) is 8.76. The molecule has 1 aromatic carbocycles. The molecule has 1 aliphatic carbocycles. The van der Waals surface area contributed by atoms with Gasteiger partial charge in [-0.2, -0.15) is 0 Å². The van der Waals surface area contributed by atoms with Crippen molar-refractivity contribution in [3.63, 3.8) is 0 Å². The Morgan fingerprint density at radius 1 is 1.29 bits per heavy atom. The van der Waals surface area contributed by atoms with Crippen LogP contribution in [0.5, 0.6) is 5.75 Å². The van der Waals surface area contributed by atoms with E-state index in [9.17, 15) is 9.59 Å². The maximum Gasteiger partial charge on any atom is 0.307 e. The van der Waals surface area contributed by atoms with Crippen molar-refractivity contribution in [2.45, 2.75) is 45.4 Å². The molecule has 2 rings (SSSR count). The molecule has 0 heterocycles. The van der Waals surface area contributed by atoms with E-state index in [-0.39, 0.29) is 12.3 Å². The Morgan fingerprint density at radius 2 is 2.04 bits per heavy atom. The molecule has 0 saturated heterocycles. The van der Waals surface area contributed by atoms with E-state index in [0.29, 0.717) is 24.7 Å². The van der Waals surface area contributed by atoms with E-state index in [1.807, 2.05) is 0 Å². The van der Waals surface area contributed by atoms with Gasteiger partial charge in [0.15, 0.2) is 0 Å². The van der Waals surface area contributed by atoms with Crippen LogP contribution in [0.15, 0.2) is 36.4 Å². The molecule has 0 amide bonds. The summed E-state index contributed by atoms with van der Waals surface area (Å²) < 4.78 is 5.76. The molecule has 1 saturated carbocycles. The first-order valence-corrected chi connectivity index (χ1v) is 8.71. The number of carbonyl (C=O) groups is 2. The van der Waals surface area contributed by atoms with Crippen molar-refractivity contribution in [2.75, 3.05) is 6.61 Å². The molecule has 2 atom stereocenters. The van der Waals surface area contributed by atoms with Gasteiger partial charge < -0.3 is 9.84 Å². The summed E-state index contributed by atoms with van der Waals surface area (Å²) in [4.78, 5) is 22.7. The fourth-order valence-corrected chi connectivity index (χ4v) is 3.26. The molecule has 0 aliphatic heterocycles. The quantitative estimate of drug-likeness (QED) is 0.694. The Morgan fingerprint density at radius 3 is 2.71 bits per heavy atom. The van der Waals surface area contributed by atoms with Crippen molar-refractivity contribution in [2.24, 2.45) is 11.8 Å². The number of hydrogen-bond donors (Lipinski definition) is 1. The molecule has 1 N–H and O–H groups in total. The van der Waals surface area contributed by atoms with Gasteiger partial charge in [0.25, 0.3) is 0 Å². The highest BCUT2D eigenvalue weighted by Crippen LogP contribution is 2.34. The van der Waals surface area contributed by atoms with Crippen molar-refractivity contribution in [3.05, 3.63) is 42.0 Å². The Hall–Kier alpha value is -2.10. The number of ether oxygens (including phenoxy) is 1. The van der Waals surface area contributed by atoms with Crippen LogP contribution in [0.4, 0.5) is 0 Å². The molecule has 24 heavy (non-hydrogen) atoms. The first-order chi connectivity index (χ1) is 11.6. The SMILES string of the molecule is CC/C=C\C[C@H]1C(=O)CC[C@@H]1CCOc1ccc(CC(=O)O)cc1. The molecule has 0 radical (unpaired) electrons. The molecular weight excluding hydrogens is 304 g/mol. The lowest BCUT2D eigenvalue weighted by Crippen LogP contribution is -2.16. The number of carboxylic acid groups (broad SMARTS) is 1. The highest BCUT2D eigenvalue weighted by Gasteiger charge is 2.33. The maximum absolute atomic E-state index is 12.0. The van der Waals surface area contributed by atoms with E-state index < -0.39 is 5.97 Å². The van der Waals surface area contributed by atoms with Crippen molar-refractivity contribution in [1.29, 1.82) is 0 Å². The molecule has 0 bridgehead atoms. The molecule has 130 valence electrons. The van der Waals surface area contributed by atoms with Gasteiger partial charge in [0, 0.05) is 12.3 Å². The third kappa shape index (κ3) is 5.52. The van der Waals surface area contributed by atoms with Gasteiger partial charge in [-0.3, -0.25) is 9.59 Å². The van der Waals surface area contributed by atoms with Gasteiger partial charge in [-0.05, 0) is 49.3 Å². The van der Waals surface area contributed by atoms with Crippen molar-refractivity contribution < 1.29 is 19.4 Å². The smallest absolute Gasteiger partial charge is 0.307 e. The predicted molar refractivity (Wildman–Crippen MR) is 93.2 cm³/mol. The van der Waals surface area contributed by atoms with Crippen molar-refractivity contribution >= 4 is 11.8 Å². The predicted octanol–water partition coefficient (Wildman–Crippen LogP) is 4.03. The summed E-state index contributed by atoms with van der Waals surface area (Å²) in [6.45, 7) is 2.68. The molecule has 4 nitrogen and oxygen atoms in total. The number of ketones is 1. The lowest BCUT2D eigenvalue weighted by molar-refractivity contribution is -0.136. The van der Waals surface area contributed by atoms with Crippen LogP contribution in [0, 0.1) is 11.8 Å². The van der Waals surface area contributed by atoms with Gasteiger partial charge >= 0.3 is 5.97 Å². The monoisotopic (exact) mass is 330 g/mol. The van der Waals surface area contributed by atoms with Gasteiger partial charge in [-0.1, -0.05) is 31.2 Å². The maximum atomic E-state index is 12.0. The highest BCUT2D eigenvalue weighted by molar-refractivity contribution is 5.83. The number of Topliss-reactive ketones (excluding diaryl/α,β-unsaturated/α-hetero) is 1. The Kier molecular flexibility index (Phi) is 7.04. The first kappa shape index (κ1) is 18.2. The van der Waals surface area contributed by atoms with Crippen LogP contribution in [0.25, 0.3) is 0 Å². The van der Waals surface area contributed by atoms with Crippen LogP contribution in [0.2, 0.25) is 0 Å². The molecule has 0 unspecified atom stereocenters. The Labute approximate surface area is 143 Å². The lowest BCUT2D eigenvalue weighted by atomic mass is 9.90. The van der Waals surface area contributed by atoms with E-state index in [1.165, 1.54) is 0 Å². The molecule has 1 fully saturated rings. The zero-order valence-electron chi connectivity index (χ0n) is 14.2. The fourth-order valence-electron chi connectivity index (χ4n) is 3.26. The largest absolute Gasteiger partial charge is 0.494 e. The lowest BCUT2D eigenvalue weighted by Gasteiger charge is -2.17. The van der Waals surface area contributed by atoms with Crippen LogP contribution in [0.3, 0.4) is 0 Å². The average molecular weight is 330 g/mol. The van der Waals surface area contributed by atoms with E-state index in [4.69, 9.17) is 9.84 Å². The molecular formula is C20H26O4. The van der Waals surface area contributed by atoms with Gasteiger partial charge in [0.2, 0.25) is 0 Å². The van der Waals surface area contributed by atoms with Crippen LogP contribution < -0.4 is 4.74 Å². The number of carboxylic acids is 1. The van der Waals surface area contributed by atoms with Gasteiger partial charge in [0.05, 0.1) is 13.0 Å². The minimum absolute atomic E-state index is 0.0252. The topological polar surface area (TPSA) is 63.6 Å². The van der Waals surface area contributed by atoms with Gasteiger partial charge in [-0.15, -0.1) is 0 Å². The second-order valence-electron chi connectivity index (χ2n) is 6.34. The standard InChI is InChI=1S/C20H26O4/c1-2-3-4-5-18-16(8-11-19(18)21)12-13-24-17-9-6-15(7-10-17)14-20(22)23/h3-4,6-7,9-10,16,18H,2,5,8,11-14H2,1H3,(H,22,23)/b4-3-/t16-,18-/m1/s1. The number of benzene rings is 1. The number of aliphatic carboxylic acids is 1. The molecule has 1 aromatic rings. The van der Waals surface area contributed by atoms with E-state index in [2.05, 4.69) is 19.1 Å². The zero-order chi connectivity index (χ0) is 17.4. The van der Waals surface area contributed by atoms with Crippen LogP contribution >= 0.6 is 0 Å². The first-order valence-electron chi connectivity index (χ1n) is 8.71. The zero-order valence-corrected chi connectivity index (χ0v) is 14.2. The van der Waals surface area contributed by atoms with Crippen molar-refractivity contribution in [1.82, 2.24) is 0 Å². The second kappa shape index (κ2) is 9.26. The summed E-state index contributed by atoms with van der Waals surface area (Å²) in [6, 6.07) is 7.17. The summed E-state index contributed by atoms with van der Waals surface area (Å²) in [5.41, 5.74) is 0.763. The van der Waals surface area contributed by atoms with Crippen LogP contribution in [-0.4, -0.2) is 23.5 Å². The fraction of sp³-hybridized carbons (Fsp3) is 0.500. The van der Waals surface area contributed by atoms with Crippen LogP contribution in [-0.2, 0) is 16.0 Å². The molecule has 1 aliphatic rings. The summed E-state index contributed by atoms with van der Waals surface area (Å²) in [5.74, 6) is 0.854. The second-order valence-corrected chi connectivity index (χ2v) is 6.34. The number of hydrogen-bond acceptors (Lipinski definition) is 3. The van der Waals surface area contributed by atoms with Crippen molar-refractivity contribution in [3.8, 4) is 5.75 Å². The normalized spacial score (nSPS) is 20.6. The Bertz CT molecular complexity index is 574. The van der Waals surface area contributed by atoms with Crippen LogP contribution in [0.1, 0.15) is 44.6 Å². The van der Waals surface area contributed by atoms with E-state index in [0.717, 1.165) is 37.0 Å². The average Bonchev–Trinajstić information content (AvgIpc) is 2.90. The summed E-state index contributed by atoms with van der Waals surface area (Å²) >= 11 is 0. The number of allylic oxidation sites excluding steroid dienone is 2. The Balaban J connectivity index is 1.79. The van der Waals surface area contributed by atoms with E-state index in [1.54, 1.807) is 24.3 Å². The third-order valence-corrected chi connectivity index (χ3v) is 4.57. The van der Waals surface area contributed by atoms with Gasteiger partial charge in [-0.25, -0.2) is 0 Å². The summed E-state index contributed by atoms with van der Waals surface area (Å²) in [6.07, 6.45) is 8.67. The van der Waals surface area contributed by atoms with E-state index >= 15 is 0 Å². The molecule has 4 heteroatoms. The highest BCUT2D eigenvalue weighted by atomic mass is 16.5. The minimum Gasteiger partial charge on any atom is -0.494 e. The third-order valence-electron chi connectivity index (χ3n) is 4.57. The summed E-state index contributed by atoms with van der Waals surface area (Å²) in [7, 11) is 0. The molecule has 0 spiro atoms.